The summed E-state index contributed by atoms with van der Waals surface area (Å²) in [7, 11) is 0. The normalized spacial score (nSPS) is 19.2. The van der Waals surface area contributed by atoms with Crippen LogP contribution in [0.15, 0.2) is 24.5 Å². The third-order valence-electron chi connectivity index (χ3n) is 5.76. The van der Waals surface area contributed by atoms with Crippen molar-refractivity contribution in [2.45, 2.75) is 64.6 Å². The van der Waals surface area contributed by atoms with Crippen LogP contribution in [0.1, 0.15) is 56.1 Å². The molecule has 134 valence electrons. The lowest BCUT2D eigenvalue weighted by molar-refractivity contribution is 0.366. The summed E-state index contributed by atoms with van der Waals surface area (Å²) in [5, 5.41) is 8.05. The Labute approximate surface area is 150 Å². The monoisotopic (exact) mass is 339 g/mol. The molecule has 1 aliphatic carbocycles. The predicted molar refractivity (Wildman–Crippen MR) is 101 cm³/mol. The van der Waals surface area contributed by atoms with Gasteiger partial charge in [0.05, 0.1) is 6.04 Å². The maximum Gasteiger partial charge on any atom is 0.143 e. The number of piperidine rings is 1. The Morgan fingerprint density at radius 2 is 2.00 bits per heavy atom. The molecule has 2 aromatic rings. The van der Waals surface area contributed by atoms with Crippen LogP contribution < -0.4 is 10.2 Å². The lowest BCUT2D eigenvalue weighted by atomic mass is 10.0. The number of aryl methyl sites for hydroxylation is 3. The second kappa shape index (κ2) is 7.16. The number of hydrogen-bond acceptors (Lipinski definition) is 4. The van der Waals surface area contributed by atoms with Gasteiger partial charge in [-0.2, -0.15) is 5.10 Å². The fraction of sp³-hybridized carbons (Fsp3) is 0.600. The molecule has 0 radical (unpaired) electrons. The number of benzene rings is 1. The molecule has 0 saturated carbocycles. The fourth-order valence-corrected chi connectivity index (χ4v) is 4.34. The SMILES string of the molecule is CCn1ncnc1C(C)NC1CCN(c2ccc3c(c2)CCC3)CC1. The lowest BCUT2D eigenvalue weighted by Gasteiger charge is -2.35. The number of hydrogen-bond donors (Lipinski definition) is 1. The molecule has 2 heterocycles. The molecule has 4 rings (SSSR count). The Morgan fingerprint density at radius 1 is 1.20 bits per heavy atom. The topological polar surface area (TPSA) is 46.0 Å². The number of nitrogens with zero attached hydrogens (tertiary/aromatic N) is 4. The van der Waals surface area contributed by atoms with E-state index in [4.69, 9.17) is 0 Å². The van der Waals surface area contributed by atoms with Crippen molar-refractivity contribution in [3.63, 3.8) is 0 Å². The van der Waals surface area contributed by atoms with Crippen molar-refractivity contribution in [3.8, 4) is 0 Å². The van der Waals surface area contributed by atoms with Gasteiger partial charge in [0.25, 0.3) is 0 Å². The van der Waals surface area contributed by atoms with E-state index < -0.39 is 0 Å². The van der Waals surface area contributed by atoms with Gasteiger partial charge in [0.15, 0.2) is 0 Å². The summed E-state index contributed by atoms with van der Waals surface area (Å²) in [5.41, 5.74) is 4.55. The molecule has 2 aliphatic rings. The summed E-state index contributed by atoms with van der Waals surface area (Å²) in [6.45, 7) is 7.44. The molecule has 1 fully saturated rings. The van der Waals surface area contributed by atoms with Crippen molar-refractivity contribution in [1.82, 2.24) is 20.1 Å². The molecule has 0 amide bonds. The van der Waals surface area contributed by atoms with Crippen molar-refractivity contribution in [2.24, 2.45) is 0 Å². The van der Waals surface area contributed by atoms with E-state index in [-0.39, 0.29) is 6.04 Å². The summed E-state index contributed by atoms with van der Waals surface area (Å²) in [6.07, 6.45) is 7.88. The van der Waals surface area contributed by atoms with Crippen molar-refractivity contribution in [1.29, 1.82) is 0 Å². The Kier molecular flexibility index (Phi) is 4.75. The zero-order chi connectivity index (χ0) is 17.2. The van der Waals surface area contributed by atoms with Crippen LogP contribution in [0.2, 0.25) is 0 Å². The zero-order valence-corrected chi connectivity index (χ0v) is 15.4. The van der Waals surface area contributed by atoms with Gasteiger partial charge < -0.3 is 10.2 Å². The van der Waals surface area contributed by atoms with E-state index in [1.165, 1.54) is 37.8 Å². The highest BCUT2D eigenvalue weighted by Crippen LogP contribution is 2.28. The minimum absolute atomic E-state index is 0.249. The van der Waals surface area contributed by atoms with E-state index in [2.05, 4.69) is 52.3 Å². The van der Waals surface area contributed by atoms with E-state index in [0.717, 1.165) is 25.5 Å². The molecule has 1 atom stereocenters. The third-order valence-corrected chi connectivity index (χ3v) is 5.76. The number of aromatic nitrogens is 3. The molecule has 25 heavy (non-hydrogen) atoms. The van der Waals surface area contributed by atoms with Gasteiger partial charge in [-0.3, -0.25) is 0 Å². The minimum Gasteiger partial charge on any atom is -0.371 e. The number of rotatable bonds is 5. The molecule has 1 unspecified atom stereocenters. The van der Waals surface area contributed by atoms with Gasteiger partial charge in [-0.15, -0.1) is 0 Å². The van der Waals surface area contributed by atoms with Crippen LogP contribution in [0, 0.1) is 0 Å². The highest BCUT2D eigenvalue weighted by atomic mass is 15.3. The largest absolute Gasteiger partial charge is 0.371 e. The highest BCUT2D eigenvalue weighted by molar-refractivity contribution is 5.52. The van der Waals surface area contributed by atoms with Crippen molar-refractivity contribution >= 4 is 5.69 Å². The minimum atomic E-state index is 0.249. The van der Waals surface area contributed by atoms with Gasteiger partial charge in [-0.25, -0.2) is 9.67 Å². The Hall–Kier alpha value is -1.88. The van der Waals surface area contributed by atoms with Crippen LogP contribution >= 0.6 is 0 Å². The molecule has 0 spiro atoms. The molecular weight excluding hydrogens is 310 g/mol. The molecule has 1 N–H and O–H groups in total. The molecule has 1 aliphatic heterocycles. The van der Waals surface area contributed by atoms with E-state index >= 15 is 0 Å². The summed E-state index contributed by atoms with van der Waals surface area (Å²) in [4.78, 5) is 6.98. The van der Waals surface area contributed by atoms with Gasteiger partial charge in [-0.1, -0.05) is 6.07 Å². The molecule has 1 aromatic heterocycles. The Morgan fingerprint density at radius 3 is 2.80 bits per heavy atom. The van der Waals surface area contributed by atoms with Gasteiger partial charge in [-0.05, 0) is 69.2 Å². The number of fused-ring (bicyclic) bond motifs is 1. The van der Waals surface area contributed by atoms with Crippen LogP contribution in [0.4, 0.5) is 5.69 Å². The number of anilines is 1. The van der Waals surface area contributed by atoms with Crippen LogP contribution in [-0.4, -0.2) is 33.9 Å². The molecule has 1 aromatic carbocycles. The molecule has 5 nitrogen and oxygen atoms in total. The van der Waals surface area contributed by atoms with E-state index in [0.29, 0.717) is 6.04 Å². The van der Waals surface area contributed by atoms with Crippen molar-refractivity contribution < 1.29 is 0 Å². The summed E-state index contributed by atoms with van der Waals surface area (Å²) in [5.74, 6) is 1.04. The van der Waals surface area contributed by atoms with Crippen molar-refractivity contribution in [3.05, 3.63) is 41.5 Å². The first-order valence-electron chi connectivity index (χ1n) is 9.75. The van der Waals surface area contributed by atoms with Gasteiger partial charge >= 0.3 is 0 Å². The Bertz CT molecular complexity index is 715. The first kappa shape index (κ1) is 16.6. The first-order valence-corrected chi connectivity index (χ1v) is 9.75. The fourth-order valence-electron chi connectivity index (χ4n) is 4.34. The van der Waals surface area contributed by atoms with Gasteiger partial charge in [0.1, 0.15) is 12.2 Å². The van der Waals surface area contributed by atoms with E-state index in [1.807, 2.05) is 4.68 Å². The first-order chi connectivity index (χ1) is 12.2. The standard InChI is InChI=1S/C20H29N5/c1-3-25-20(21-14-22-25)15(2)23-18-9-11-24(12-10-18)19-8-7-16-5-4-6-17(16)13-19/h7-8,13-15,18,23H,3-6,9-12H2,1-2H3. The quantitative estimate of drug-likeness (QED) is 0.909. The second-order valence-corrected chi connectivity index (χ2v) is 7.39. The zero-order valence-electron chi connectivity index (χ0n) is 15.4. The van der Waals surface area contributed by atoms with Crippen molar-refractivity contribution in [2.75, 3.05) is 18.0 Å². The summed E-state index contributed by atoms with van der Waals surface area (Å²) < 4.78 is 1.98. The summed E-state index contributed by atoms with van der Waals surface area (Å²) >= 11 is 0. The predicted octanol–water partition coefficient (Wildman–Crippen LogP) is 3.11. The van der Waals surface area contributed by atoms with E-state index in [1.54, 1.807) is 17.5 Å². The highest BCUT2D eigenvalue weighted by Gasteiger charge is 2.23. The van der Waals surface area contributed by atoms with Crippen LogP contribution in [0.3, 0.4) is 0 Å². The smallest absolute Gasteiger partial charge is 0.143 e. The van der Waals surface area contributed by atoms with Gasteiger partial charge in [0, 0.05) is 31.4 Å². The molecule has 1 saturated heterocycles. The lowest BCUT2D eigenvalue weighted by Crippen LogP contribution is -2.43. The van der Waals surface area contributed by atoms with Crippen LogP contribution in [-0.2, 0) is 19.4 Å². The maximum atomic E-state index is 4.43. The van der Waals surface area contributed by atoms with Gasteiger partial charge in [0.2, 0.25) is 0 Å². The molecular formula is C20H29N5. The number of nitrogens with one attached hydrogen (secondary N) is 1. The summed E-state index contributed by atoms with van der Waals surface area (Å²) in [6, 6.07) is 7.91. The molecule has 0 bridgehead atoms. The van der Waals surface area contributed by atoms with Crippen LogP contribution in [0.5, 0.6) is 0 Å². The average molecular weight is 339 g/mol. The van der Waals surface area contributed by atoms with Crippen LogP contribution in [0.25, 0.3) is 0 Å². The maximum absolute atomic E-state index is 4.43. The average Bonchev–Trinajstić information content (AvgIpc) is 3.30. The second-order valence-electron chi connectivity index (χ2n) is 7.39. The Balaban J connectivity index is 1.34. The third kappa shape index (κ3) is 3.43. The van der Waals surface area contributed by atoms with E-state index in [9.17, 15) is 0 Å². The molecule has 5 heteroatoms.